The monoisotopic (exact) mass is 419 g/mol. The molecule has 0 spiro atoms. The maximum atomic E-state index is 12.8. The summed E-state index contributed by atoms with van der Waals surface area (Å²) >= 11 is 0. The van der Waals surface area contributed by atoms with E-state index in [0.29, 0.717) is 17.9 Å². The molecule has 1 unspecified atom stereocenters. The molecule has 0 aliphatic carbocycles. The third-order valence-corrected chi connectivity index (χ3v) is 4.85. The smallest absolute Gasteiger partial charge is 0.306 e. The zero-order valence-electron chi connectivity index (χ0n) is 17.2. The molecule has 7 heteroatoms. The summed E-state index contributed by atoms with van der Waals surface area (Å²) in [7, 11) is 0. The van der Waals surface area contributed by atoms with E-state index in [1.807, 2.05) is 55.5 Å². The van der Waals surface area contributed by atoms with E-state index in [9.17, 15) is 14.7 Å². The summed E-state index contributed by atoms with van der Waals surface area (Å²) in [6, 6.07) is 19.1. The maximum absolute atomic E-state index is 12.8. The lowest BCUT2D eigenvalue weighted by Gasteiger charge is -2.12. The van der Waals surface area contributed by atoms with Crippen LogP contribution in [-0.4, -0.2) is 39.7 Å². The number of hydrogen-bond donors (Lipinski definition) is 4. The van der Waals surface area contributed by atoms with E-state index in [0.717, 1.165) is 22.3 Å². The molecule has 1 amide bonds. The molecule has 160 valence electrons. The van der Waals surface area contributed by atoms with Crippen molar-refractivity contribution in [3.05, 3.63) is 83.6 Å². The number of carbonyl (C=O) groups excluding carboxylic acids is 1. The number of anilines is 1. The van der Waals surface area contributed by atoms with E-state index in [2.05, 4.69) is 15.6 Å². The summed E-state index contributed by atoms with van der Waals surface area (Å²) in [4.78, 5) is 27.6. The van der Waals surface area contributed by atoms with Gasteiger partial charge in [-0.1, -0.05) is 48.5 Å². The molecule has 1 aromatic heterocycles. The zero-order chi connectivity index (χ0) is 22.2. The largest absolute Gasteiger partial charge is 0.481 e. The molecule has 1 atom stereocenters. The average Bonchev–Trinajstić information content (AvgIpc) is 2.75. The number of rotatable bonds is 9. The first-order valence-electron chi connectivity index (χ1n) is 9.96. The molecule has 0 bridgehead atoms. The van der Waals surface area contributed by atoms with Crippen molar-refractivity contribution >= 4 is 17.7 Å². The summed E-state index contributed by atoms with van der Waals surface area (Å²) < 4.78 is 0. The van der Waals surface area contributed by atoms with Gasteiger partial charge >= 0.3 is 5.97 Å². The number of hydrogen-bond acceptors (Lipinski definition) is 5. The van der Waals surface area contributed by atoms with Gasteiger partial charge in [0.05, 0.1) is 12.5 Å². The highest BCUT2D eigenvalue weighted by atomic mass is 16.4. The second kappa shape index (κ2) is 10.5. The lowest BCUT2D eigenvalue weighted by Crippen LogP contribution is -2.28. The van der Waals surface area contributed by atoms with E-state index >= 15 is 0 Å². The van der Waals surface area contributed by atoms with Gasteiger partial charge in [-0.25, -0.2) is 4.98 Å². The van der Waals surface area contributed by atoms with E-state index < -0.39 is 12.1 Å². The normalized spacial score (nSPS) is 11.7. The molecule has 4 N–H and O–H groups in total. The Bertz CT molecular complexity index is 1040. The molecule has 1 heterocycles. The highest BCUT2D eigenvalue weighted by Crippen LogP contribution is 2.26. The number of nitrogens with one attached hydrogen (secondary N) is 2. The third-order valence-electron chi connectivity index (χ3n) is 4.85. The van der Waals surface area contributed by atoms with E-state index in [-0.39, 0.29) is 18.9 Å². The van der Waals surface area contributed by atoms with Crippen molar-refractivity contribution < 1.29 is 19.8 Å². The number of aliphatic hydroxyl groups excluding tert-OH is 1. The number of aromatic nitrogens is 1. The maximum Gasteiger partial charge on any atom is 0.306 e. The lowest BCUT2D eigenvalue weighted by molar-refractivity contribution is -0.139. The summed E-state index contributed by atoms with van der Waals surface area (Å²) in [6.07, 6.45) is 0.375. The molecule has 2 aromatic carbocycles. The summed E-state index contributed by atoms with van der Waals surface area (Å²) in [6.45, 7) is 2.52. The molecule has 0 fully saturated rings. The lowest BCUT2D eigenvalue weighted by atomic mass is 9.96. The molecule has 0 saturated heterocycles. The molecule has 3 rings (SSSR count). The number of nitrogens with zero attached hydrogens (tertiary/aromatic N) is 1. The highest BCUT2D eigenvalue weighted by molar-refractivity contribution is 6.05. The number of benzene rings is 2. The van der Waals surface area contributed by atoms with Crippen molar-refractivity contribution in [2.24, 2.45) is 0 Å². The van der Waals surface area contributed by atoms with Crippen molar-refractivity contribution in [3.8, 4) is 11.1 Å². The fourth-order valence-electron chi connectivity index (χ4n) is 3.26. The van der Waals surface area contributed by atoms with Crippen molar-refractivity contribution in [2.45, 2.75) is 26.0 Å². The van der Waals surface area contributed by atoms with Crippen molar-refractivity contribution in [1.82, 2.24) is 10.3 Å². The number of pyridine rings is 1. The topological polar surface area (TPSA) is 112 Å². The van der Waals surface area contributed by atoms with Gasteiger partial charge in [-0.2, -0.15) is 0 Å². The number of carbonyl (C=O) groups is 2. The molecular weight excluding hydrogens is 394 g/mol. The first-order valence-corrected chi connectivity index (χ1v) is 9.96. The van der Waals surface area contributed by atoms with E-state index in [1.165, 1.54) is 0 Å². The van der Waals surface area contributed by atoms with Gasteiger partial charge in [-0.15, -0.1) is 0 Å². The first kappa shape index (κ1) is 22.1. The second-order valence-electron chi connectivity index (χ2n) is 7.23. The van der Waals surface area contributed by atoms with Gasteiger partial charge < -0.3 is 20.8 Å². The SMILES string of the molecule is Cc1c(C(=O)Nc2ccc(CNCC(O)CC(=O)O)cn2)cccc1-c1ccccc1. The Morgan fingerprint density at radius 3 is 2.48 bits per heavy atom. The van der Waals surface area contributed by atoms with Crippen LogP contribution in [-0.2, 0) is 11.3 Å². The first-order chi connectivity index (χ1) is 14.9. The second-order valence-corrected chi connectivity index (χ2v) is 7.23. The van der Waals surface area contributed by atoms with Crippen LogP contribution in [0.1, 0.15) is 27.9 Å². The van der Waals surface area contributed by atoms with Gasteiger partial charge in [-0.05, 0) is 41.3 Å². The predicted molar refractivity (Wildman–Crippen MR) is 119 cm³/mol. The molecule has 31 heavy (non-hydrogen) atoms. The molecular formula is C24H25N3O4. The zero-order valence-corrected chi connectivity index (χ0v) is 17.2. The highest BCUT2D eigenvalue weighted by Gasteiger charge is 2.13. The van der Waals surface area contributed by atoms with Gasteiger partial charge in [0.2, 0.25) is 0 Å². The summed E-state index contributed by atoms with van der Waals surface area (Å²) in [5.74, 6) is -0.838. The van der Waals surface area contributed by atoms with Crippen molar-refractivity contribution in [3.63, 3.8) is 0 Å². The van der Waals surface area contributed by atoms with Gasteiger partial charge in [0.25, 0.3) is 5.91 Å². The third kappa shape index (κ3) is 6.21. The number of aliphatic hydroxyl groups is 1. The number of carboxylic acids is 1. The van der Waals surface area contributed by atoms with Crippen LogP contribution in [0.2, 0.25) is 0 Å². The van der Waals surface area contributed by atoms with Gasteiger partial charge in [0, 0.05) is 24.8 Å². The number of aliphatic carboxylic acids is 1. The number of amides is 1. The Morgan fingerprint density at radius 1 is 1.03 bits per heavy atom. The van der Waals surface area contributed by atoms with Crippen LogP contribution in [0.4, 0.5) is 5.82 Å². The van der Waals surface area contributed by atoms with Crippen molar-refractivity contribution in [1.29, 1.82) is 0 Å². The minimum atomic E-state index is -1.04. The molecule has 0 aliphatic rings. The molecule has 0 radical (unpaired) electrons. The fraction of sp³-hybridized carbons (Fsp3) is 0.208. The number of carboxylic acid groups (broad SMARTS) is 1. The Labute approximate surface area is 180 Å². The van der Waals surface area contributed by atoms with Crippen LogP contribution in [0.5, 0.6) is 0 Å². The van der Waals surface area contributed by atoms with Crippen LogP contribution in [0, 0.1) is 6.92 Å². The summed E-state index contributed by atoms with van der Waals surface area (Å²) in [5, 5.41) is 24.0. The van der Waals surface area contributed by atoms with Crippen LogP contribution in [0.3, 0.4) is 0 Å². The average molecular weight is 419 g/mol. The molecule has 7 nitrogen and oxygen atoms in total. The Morgan fingerprint density at radius 2 is 1.81 bits per heavy atom. The standard InChI is InChI=1S/C24H25N3O4/c1-16-20(18-6-3-2-4-7-18)8-5-9-21(16)24(31)27-22-11-10-17(14-26-22)13-25-15-19(28)12-23(29)30/h2-11,14,19,25,28H,12-13,15H2,1H3,(H,29,30)(H,26,27,31). The Kier molecular flexibility index (Phi) is 7.48. The quantitative estimate of drug-likeness (QED) is 0.424. The van der Waals surface area contributed by atoms with Crippen molar-refractivity contribution in [2.75, 3.05) is 11.9 Å². The van der Waals surface area contributed by atoms with Gasteiger partial charge in [0.15, 0.2) is 0 Å². The van der Waals surface area contributed by atoms with Crippen LogP contribution < -0.4 is 10.6 Å². The van der Waals surface area contributed by atoms with Crippen LogP contribution >= 0.6 is 0 Å². The predicted octanol–water partition coefficient (Wildman–Crippen LogP) is 3.23. The van der Waals surface area contributed by atoms with Gasteiger partial charge in [0.1, 0.15) is 5.82 Å². The van der Waals surface area contributed by atoms with Crippen LogP contribution in [0.15, 0.2) is 66.9 Å². The fourth-order valence-corrected chi connectivity index (χ4v) is 3.26. The van der Waals surface area contributed by atoms with Gasteiger partial charge in [-0.3, -0.25) is 9.59 Å². The molecule has 3 aromatic rings. The Hall–Kier alpha value is -3.55. The Balaban J connectivity index is 1.61. The molecule has 0 saturated carbocycles. The molecule has 0 aliphatic heterocycles. The minimum Gasteiger partial charge on any atom is -0.481 e. The minimum absolute atomic E-state index is 0.168. The summed E-state index contributed by atoms with van der Waals surface area (Å²) in [5.41, 5.74) is 4.39. The van der Waals surface area contributed by atoms with Crippen LogP contribution in [0.25, 0.3) is 11.1 Å². The van der Waals surface area contributed by atoms with E-state index in [1.54, 1.807) is 18.3 Å². The van der Waals surface area contributed by atoms with E-state index in [4.69, 9.17) is 5.11 Å².